The molecule has 0 radical (unpaired) electrons. The van der Waals surface area contributed by atoms with Gasteiger partial charge in [0, 0.05) is 41.9 Å². The molecule has 0 saturated carbocycles. The molecule has 3 heterocycles. The van der Waals surface area contributed by atoms with Crippen LogP contribution in [0, 0.1) is 0 Å². The van der Waals surface area contributed by atoms with Crippen LogP contribution in [0.25, 0.3) is 16.7 Å². The minimum atomic E-state index is -0.592. The largest absolute Gasteiger partial charge is 0.457 e. The third-order valence-electron chi connectivity index (χ3n) is 5.18. The Morgan fingerprint density at radius 1 is 0.971 bits per heavy atom. The summed E-state index contributed by atoms with van der Waals surface area (Å²) in [5.41, 5.74) is 1.40. The minimum absolute atomic E-state index is 0.200. The molecule has 2 aromatic carbocycles. The van der Waals surface area contributed by atoms with Gasteiger partial charge in [0.25, 0.3) is 5.91 Å². The molecule has 3 aromatic heterocycles. The van der Waals surface area contributed by atoms with E-state index in [4.69, 9.17) is 4.74 Å². The summed E-state index contributed by atoms with van der Waals surface area (Å²) in [6.07, 6.45) is 5.14. The van der Waals surface area contributed by atoms with Gasteiger partial charge in [0.2, 0.25) is 5.43 Å². The number of nitrogens with zero attached hydrogens (tertiary/aromatic N) is 4. The van der Waals surface area contributed by atoms with Crippen molar-refractivity contribution < 1.29 is 9.53 Å². The van der Waals surface area contributed by atoms with Crippen molar-refractivity contribution in [2.24, 2.45) is 7.05 Å². The van der Waals surface area contributed by atoms with E-state index >= 15 is 0 Å². The summed E-state index contributed by atoms with van der Waals surface area (Å²) in [6.45, 7) is 0. The SMILES string of the molecule is Cn1ccc2c(Oc3ccc(NC(=O)c4nn(-c5ccc(Br)cc5)ccc4=O)cc3)ccnc21. The molecule has 0 unspecified atom stereocenters. The van der Waals surface area contributed by atoms with Gasteiger partial charge in [0.15, 0.2) is 5.69 Å². The van der Waals surface area contributed by atoms with Crippen molar-refractivity contribution in [1.29, 1.82) is 0 Å². The quantitative estimate of drug-likeness (QED) is 0.358. The summed E-state index contributed by atoms with van der Waals surface area (Å²) in [6, 6.07) is 19.3. The average Bonchev–Trinajstić information content (AvgIpc) is 3.23. The zero-order valence-corrected chi connectivity index (χ0v) is 19.6. The number of aromatic nitrogens is 4. The maximum absolute atomic E-state index is 12.8. The third-order valence-corrected chi connectivity index (χ3v) is 5.71. The molecule has 0 saturated heterocycles. The summed E-state index contributed by atoms with van der Waals surface area (Å²) < 4.78 is 10.3. The van der Waals surface area contributed by atoms with Gasteiger partial charge in [-0.1, -0.05) is 15.9 Å². The van der Waals surface area contributed by atoms with Crippen LogP contribution >= 0.6 is 15.9 Å². The smallest absolute Gasteiger partial charge is 0.280 e. The monoisotopic (exact) mass is 515 g/mol. The molecule has 0 aliphatic heterocycles. The Bertz CT molecular complexity index is 1560. The van der Waals surface area contributed by atoms with Crippen LogP contribution in [0.1, 0.15) is 10.5 Å². The van der Waals surface area contributed by atoms with Crippen molar-refractivity contribution in [3.63, 3.8) is 0 Å². The number of carbonyl (C=O) groups excluding carboxylic acids is 1. The first-order chi connectivity index (χ1) is 16.5. The second kappa shape index (κ2) is 8.95. The number of ether oxygens (including phenoxy) is 1. The van der Waals surface area contributed by atoms with Gasteiger partial charge in [-0.05, 0) is 60.7 Å². The maximum Gasteiger partial charge on any atom is 0.280 e. The Hall–Kier alpha value is -4.24. The highest BCUT2D eigenvalue weighted by atomic mass is 79.9. The molecule has 5 aromatic rings. The number of nitrogens with one attached hydrogen (secondary N) is 1. The maximum atomic E-state index is 12.8. The van der Waals surface area contributed by atoms with E-state index in [9.17, 15) is 9.59 Å². The molecule has 0 aliphatic rings. The number of pyridine rings is 1. The second-order valence-corrected chi connectivity index (χ2v) is 8.42. The Morgan fingerprint density at radius 3 is 2.50 bits per heavy atom. The van der Waals surface area contributed by atoms with Crippen LogP contribution in [0.3, 0.4) is 0 Å². The molecule has 1 amide bonds. The first-order valence-corrected chi connectivity index (χ1v) is 11.1. The summed E-state index contributed by atoms with van der Waals surface area (Å²) in [5.74, 6) is 0.694. The van der Waals surface area contributed by atoms with E-state index in [-0.39, 0.29) is 5.69 Å². The lowest BCUT2D eigenvalue weighted by molar-refractivity contribution is 0.101. The topological polar surface area (TPSA) is 91.0 Å². The zero-order chi connectivity index (χ0) is 23.7. The number of hydrogen-bond donors (Lipinski definition) is 1. The standard InChI is InChI=1S/C25H18BrN5O3/c1-30-14-11-20-22(10-13-27-24(20)30)34-19-8-4-17(5-9-19)28-25(33)23-21(32)12-15-31(29-23)18-6-2-16(26)3-7-18/h2-15H,1H3,(H,28,33). The van der Waals surface area contributed by atoms with Gasteiger partial charge >= 0.3 is 0 Å². The highest BCUT2D eigenvalue weighted by Crippen LogP contribution is 2.29. The third kappa shape index (κ3) is 4.33. The molecule has 9 heteroatoms. The molecule has 0 spiro atoms. The Morgan fingerprint density at radius 2 is 1.74 bits per heavy atom. The van der Waals surface area contributed by atoms with Crippen LogP contribution in [0.4, 0.5) is 5.69 Å². The number of amides is 1. The number of hydrogen-bond acceptors (Lipinski definition) is 5. The van der Waals surface area contributed by atoms with Crippen molar-refractivity contribution in [2.45, 2.75) is 0 Å². The predicted molar refractivity (Wildman–Crippen MR) is 133 cm³/mol. The molecule has 8 nitrogen and oxygen atoms in total. The Labute approximate surface area is 202 Å². The number of fused-ring (bicyclic) bond motifs is 1. The fourth-order valence-corrected chi connectivity index (χ4v) is 3.72. The lowest BCUT2D eigenvalue weighted by Gasteiger charge is -2.10. The van der Waals surface area contributed by atoms with Gasteiger partial charge < -0.3 is 14.6 Å². The molecule has 0 bridgehead atoms. The van der Waals surface area contributed by atoms with Crippen molar-refractivity contribution >= 4 is 38.6 Å². The second-order valence-electron chi connectivity index (χ2n) is 7.50. The Kier molecular flexibility index (Phi) is 5.69. The molecule has 1 N–H and O–H groups in total. The minimum Gasteiger partial charge on any atom is -0.457 e. The van der Waals surface area contributed by atoms with E-state index in [1.54, 1.807) is 36.5 Å². The van der Waals surface area contributed by atoms with Crippen LogP contribution in [-0.4, -0.2) is 25.2 Å². The van der Waals surface area contributed by atoms with Crippen molar-refractivity contribution in [3.8, 4) is 17.2 Å². The van der Waals surface area contributed by atoms with E-state index in [1.807, 2.05) is 48.1 Å². The highest BCUT2D eigenvalue weighted by Gasteiger charge is 2.14. The number of halogens is 1. The molecule has 34 heavy (non-hydrogen) atoms. The van der Waals surface area contributed by atoms with Crippen LogP contribution in [-0.2, 0) is 7.05 Å². The number of carbonyl (C=O) groups is 1. The Balaban J connectivity index is 1.33. The zero-order valence-electron chi connectivity index (χ0n) is 18.0. The predicted octanol–water partition coefficient (Wildman–Crippen LogP) is 4.93. The summed E-state index contributed by atoms with van der Waals surface area (Å²) >= 11 is 3.38. The van der Waals surface area contributed by atoms with Crippen molar-refractivity contribution in [2.75, 3.05) is 5.32 Å². The molecule has 0 atom stereocenters. The fraction of sp³-hybridized carbons (Fsp3) is 0.0400. The number of benzene rings is 2. The molecular formula is C25H18BrN5O3. The van der Waals surface area contributed by atoms with Gasteiger partial charge in [0.1, 0.15) is 17.1 Å². The highest BCUT2D eigenvalue weighted by molar-refractivity contribution is 9.10. The summed E-state index contributed by atoms with van der Waals surface area (Å²) in [4.78, 5) is 29.4. The molecule has 0 aliphatic carbocycles. The molecular weight excluding hydrogens is 498 g/mol. The van der Waals surface area contributed by atoms with Gasteiger partial charge in [-0.15, -0.1) is 0 Å². The first-order valence-electron chi connectivity index (χ1n) is 10.3. The molecule has 168 valence electrons. The lowest BCUT2D eigenvalue weighted by Crippen LogP contribution is -2.25. The average molecular weight is 516 g/mol. The van der Waals surface area contributed by atoms with Crippen LogP contribution in [0.5, 0.6) is 11.5 Å². The molecule has 5 rings (SSSR count). The number of rotatable bonds is 5. The number of aryl methyl sites for hydroxylation is 1. The van der Waals surface area contributed by atoms with Gasteiger partial charge in [0.05, 0.1) is 11.1 Å². The summed E-state index contributed by atoms with van der Waals surface area (Å²) in [5, 5.41) is 7.84. The fourth-order valence-electron chi connectivity index (χ4n) is 3.45. The van der Waals surface area contributed by atoms with Crippen LogP contribution in [0.2, 0.25) is 0 Å². The van der Waals surface area contributed by atoms with E-state index in [1.165, 1.54) is 16.9 Å². The van der Waals surface area contributed by atoms with Gasteiger partial charge in [-0.3, -0.25) is 9.59 Å². The van der Waals surface area contributed by atoms with Crippen LogP contribution < -0.4 is 15.5 Å². The van der Waals surface area contributed by atoms with Gasteiger partial charge in [-0.25, -0.2) is 9.67 Å². The summed E-state index contributed by atoms with van der Waals surface area (Å²) in [7, 11) is 1.92. The van der Waals surface area contributed by atoms with E-state index < -0.39 is 11.3 Å². The van der Waals surface area contributed by atoms with E-state index in [2.05, 4.69) is 31.3 Å². The van der Waals surface area contributed by atoms with E-state index in [0.29, 0.717) is 17.2 Å². The molecule has 0 fully saturated rings. The van der Waals surface area contributed by atoms with Crippen molar-refractivity contribution in [1.82, 2.24) is 19.3 Å². The first kappa shape index (κ1) is 21.6. The van der Waals surface area contributed by atoms with E-state index in [0.717, 1.165) is 21.2 Å². The number of anilines is 1. The van der Waals surface area contributed by atoms with Crippen molar-refractivity contribution in [3.05, 3.63) is 106 Å². The normalized spacial score (nSPS) is 10.9. The van der Waals surface area contributed by atoms with Crippen LogP contribution in [0.15, 0.2) is 94.6 Å². The van der Waals surface area contributed by atoms with Gasteiger partial charge in [-0.2, -0.15) is 5.10 Å². The lowest BCUT2D eigenvalue weighted by atomic mass is 10.2.